The average molecular weight is 475 g/mol. The Bertz CT molecular complexity index is 1710. The Balaban J connectivity index is 1.66. The lowest BCUT2D eigenvalue weighted by Gasteiger charge is -2.35. The lowest BCUT2D eigenvalue weighted by Crippen LogP contribution is -2.38. The summed E-state index contributed by atoms with van der Waals surface area (Å²) < 4.78 is 46.7. The van der Waals surface area contributed by atoms with Gasteiger partial charge in [0.2, 0.25) is 0 Å². The minimum Gasteiger partial charge on any atom is -0.489 e. The predicted molar refractivity (Wildman–Crippen MR) is 128 cm³/mol. The van der Waals surface area contributed by atoms with Crippen molar-refractivity contribution >= 4 is 16.5 Å². The summed E-state index contributed by atoms with van der Waals surface area (Å²) in [5.41, 5.74) is 6.78. The van der Waals surface area contributed by atoms with Crippen LogP contribution in [0.3, 0.4) is 0 Å². The molecule has 0 radical (unpaired) electrons. The van der Waals surface area contributed by atoms with Gasteiger partial charge in [0.15, 0.2) is 0 Å². The highest BCUT2D eigenvalue weighted by atomic mass is 19.1. The molecular formula is C25H22FN7O2. The first-order valence-electron chi connectivity index (χ1n) is 12.7. The van der Waals surface area contributed by atoms with Crippen LogP contribution in [-0.4, -0.2) is 39.2 Å². The smallest absolute Gasteiger partial charge is 0.272 e. The topological polar surface area (TPSA) is 126 Å². The van der Waals surface area contributed by atoms with Crippen molar-refractivity contribution in [1.29, 1.82) is 5.26 Å². The molecule has 2 aromatic heterocycles. The highest BCUT2D eigenvalue weighted by Crippen LogP contribution is 2.47. The van der Waals surface area contributed by atoms with Gasteiger partial charge in [-0.1, -0.05) is 6.07 Å². The maximum Gasteiger partial charge on any atom is 0.272 e. The fourth-order valence-electron chi connectivity index (χ4n) is 5.18. The van der Waals surface area contributed by atoms with Crippen LogP contribution in [0.25, 0.3) is 33.2 Å². The molecule has 0 unspecified atom stereocenters. The van der Waals surface area contributed by atoms with E-state index >= 15 is 4.39 Å². The summed E-state index contributed by atoms with van der Waals surface area (Å²) >= 11 is 0. The van der Waals surface area contributed by atoms with Crippen LogP contribution in [0, 0.1) is 17.1 Å². The van der Waals surface area contributed by atoms with Gasteiger partial charge in [0, 0.05) is 41.2 Å². The van der Waals surface area contributed by atoms with Gasteiger partial charge in [0.05, 0.1) is 45.8 Å². The number of hydrogen-bond donors (Lipinski definition) is 2. The molecule has 10 heteroatoms. The normalized spacial score (nSPS) is 18.3. The summed E-state index contributed by atoms with van der Waals surface area (Å²) in [5, 5.41) is 21.6. The third kappa shape index (κ3) is 3.12. The number of ether oxygens (including phenoxy) is 1. The summed E-state index contributed by atoms with van der Waals surface area (Å²) in [7, 11) is 0. The molecule has 0 bridgehead atoms. The lowest BCUT2D eigenvalue weighted by molar-refractivity contribution is 0.270. The average Bonchev–Trinajstić information content (AvgIpc) is 3.55. The zero-order chi connectivity index (χ0) is 26.8. The van der Waals surface area contributed by atoms with E-state index in [-0.39, 0.29) is 40.7 Å². The Morgan fingerprint density at radius 1 is 1.40 bits per heavy atom. The van der Waals surface area contributed by atoms with E-state index in [1.807, 2.05) is 4.90 Å². The van der Waals surface area contributed by atoms with Crippen LogP contribution in [0.5, 0.6) is 5.75 Å². The van der Waals surface area contributed by atoms with E-state index < -0.39 is 18.4 Å². The summed E-state index contributed by atoms with van der Waals surface area (Å²) in [5.74, 6) is -0.544. The van der Waals surface area contributed by atoms with Crippen molar-refractivity contribution in [3.8, 4) is 34.2 Å². The third-order valence-electron chi connectivity index (χ3n) is 6.80. The number of aromatic amines is 1. The highest BCUT2D eigenvalue weighted by Gasteiger charge is 2.36. The molecule has 4 aromatic rings. The van der Waals surface area contributed by atoms with E-state index in [4.69, 9.17) is 14.6 Å². The third-order valence-corrected chi connectivity index (χ3v) is 6.80. The number of aromatic nitrogens is 4. The molecule has 6 rings (SSSR count). The minimum atomic E-state index is -2.77. The number of nitrogens with one attached hydrogen (secondary N) is 1. The van der Waals surface area contributed by atoms with Crippen LogP contribution in [0.2, 0.25) is 0 Å². The van der Waals surface area contributed by atoms with Crippen LogP contribution < -0.4 is 20.9 Å². The van der Waals surface area contributed by atoms with Gasteiger partial charge in [-0.05, 0) is 30.5 Å². The fraction of sp³-hybridized carbons (Fsp3) is 0.280. The predicted octanol–water partition coefficient (Wildman–Crippen LogP) is 2.82. The molecule has 0 aliphatic carbocycles. The first-order chi connectivity index (χ1) is 18.2. The monoisotopic (exact) mass is 474 g/mol. The molecule has 9 nitrogen and oxygen atoms in total. The summed E-state index contributed by atoms with van der Waals surface area (Å²) in [6.45, 7) is -1.65. The maximum absolute atomic E-state index is 15.9. The van der Waals surface area contributed by atoms with Gasteiger partial charge in [-0.25, -0.2) is 9.49 Å². The molecule has 0 amide bonds. The SMILES string of the molecule is [2H]C([2H])([2H])n1ncc(-c2ccc3c(=O)[nH]nc(CN)c3c2)c1-c1c(F)cc2c(c1C#N)N1CCC[C@@H]1CO2. The Labute approximate surface area is 203 Å². The van der Waals surface area contributed by atoms with Gasteiger partial charge in [-0.3, -0.25) is 9.48 Å². The van der Waals surface area contributed by atoms with Crippen LogP contribution in [0.1, 0.15) is 28.2 Å². The van der Waals surface area contributed by atoms with E-state index in [0.717, 1.165) is 17.5 Å². The van der Waals surface area contributed by atoms with Gasteiger partial charge >= 0.3 is 0 Å². The van der Waals surface area contributed by atoms with Crippen molar-refractivity contribution in [3.63, 3.8) is 0 Å². The van der Waals surface area contributed by atoms with Crippen molar-refractivity contribution in [2.75, 3.05) is 18.1 Å². The number of aryl methyl sites for hydroxylation is 1. The fourth-order valence-corrected chi connectivity index (χ4v) is 5.18. The number of hydrogen-bond acceptors (Lipinski definition) is 7. The number of benzene rings is 2. The van der Waals surface area contributed by atoms with E-state index in [1.165, 1.54) is 12.3 Å². The first-order valence-corrected chi connectivity index (χ1v) is 11.2. The number of fused-ring (bicyclic) bond motifs is 4. The van der Waals surface area contributed by atoms with Gasteiger partial charge in [-0.2, -0.15) is 15.5 Å². The second-order valence-electron chi connectivity index (χ2n) is 8.65. The van der Waals surface area contributed by atoms with Crippen molar-refractivity contribution in [2.45, 2.75) is 25.4 Å². The second kappa shape index (κ2) is 7.92. The van der Waals surface area contributed by atoms with Crippen LogP contribution in [0.15, 0.2) is 35.3 Å². The van der Waals surface area contributed by atoms with E-state index in [1.54, 1.807) is 18.2 Å². The molecule has 1 saturated heterocycles. The van der Waals surface area contributed by atoms with Gasteiger partial charge in [0.1, 0.15) is 24.2 Å². The number of rotatable bonds is 3. The molecule has 0 saturated carbocycles. The molecule has 4 heterocycles. The number of nitrogens with two attached hydrogens (primary N) is 1. The Morgan fingerprint density at radius 2 is 2.29 bits per heavy atom. The molecule has 2 aliphatic rings. The van der Waals surface area contributed by atoms with Gasteiger partial charge < -0.3 is 15.4 Å². The molecule has 1 fully saturated rings. The molecular weight excluding hydrogens is 449 g/mol. The van der Waals surface area contributed by atoms with E-state index in [2.05, 4.69) is 21.4 Å². The largest absolute Gasteiger partial charge is 0.489 e. The second-order valence-corrected chi connectivity index (χ2v) is 8.65. The Hall–Kier alpha value is -4.23. The summed E-state index contributed by atoms with van der Waals surface area (Å²) in [6, 6.07) is 8.21. The molecule has 35 heavy (non-hydrogen) atoms. The van der Waals surface area contributed by atoms with Crippen molar-refractivity contribution < 1.29 is 13.2 Å². The zero-order valence-electron chi connectivity index (χ0n) is 21.5. The number of anilines is 1. The zero-order valence-corrected chi connectivity index (χ0v) is 18.5. The highest BCUT2D eigenvalue weighted by molar-refractivity contribution is 5.93. The molecule has 176 valence electrons. The van der Waals surface area contributed by atoms with Crippen molar-refractivity contribution in [3.05, 3.63) is 57.9 Å². The van der Waals surface area contributed by atoms with Gasteiger partial charge in [-0.15, -0.1) is 0 Å². The Morgan fingerprint density at radius 3 is 3.09 bits per heavy atom. The van der Waals surface area contributed by atoms with Crippen molar-refractivity contribution in [2.24, 2.45) is 12.7 Å². The molecule has 1 atom stereocenters. The van der Waals surface area contributed by atoms with Gasteiger partial charge in [0.25, 0.3) is 5.56 Å². The van der Waals surface area contributed by atoms with Crippen LogP contribution >= 0.6 is 0 Å². The van der Waals surface area contributed by atoms with E-state index in [9.17, 15) is 10.1 Å². The van der Waals surface area contributed by atoms with Crippen molar-refractivity contribution in [1.82, 2.24) is 20.0 Å². The number of nitrogens with zero attached hydrogens (tertiary/aromatic N) is 5. The molecule has 2 aliphatic heterocycles. The van der Waals surface area contributed by atoms with Crippen LogP contribution in [0.4, 0.5) is 10.1 Å². The Kier molecular flexibility index (Phi) is 4.11. The van der Waals surface area contributed by atoms with Crippen LogP contribution in [-0.2, 0) is 13.5 Å². The van der Waals surface area contributed by atoms with E-state index in [0.29, 0.717) is 40.9 Å². The summed E-state index contributed by atoms with van der Waals surface area (Å²) in [4.78, 5) is 14.4. The minimum absolute atomic E-state index is 0.0135. The standard InChI is InChI=1S/C25H22FN7O2/c1-32-24(18(11-29-32)13-4-5-15-16(7-13)20(10-28)30-31-25(15)34)22-17(9-27)23-21(8-19(22)26)35-12-14-3-2-6-33(14)23/h4-5,7-8,11,14H,2-3,6,10,12,28H2,1H3,(H,31,34)/t14-/m1/s1/i1D3. The lowest BCUT2D eigenvalue weighted by atomic mass is 9.94. The molecule has 3 N–H and O–H groups in total. The summed E-state index contributed by atoms with van der Waals surface area (Å²) in [6.07, 6.45) is 3.10. The first kappa shape index (κ1) is 18.1. The number of halogens is 1. The quantitative estimate of drug-likeness (QED) is 0.468. The molecule has 0 spiro atoms. The number of nitriles is 1. The maximum atomic E-state index is 15.9. The molecule has 2 aromatic carbocycles. The number of H-pyrrole nitrogens is 1.